The van der Waals surface area contributed by atoms with E-state index in [9.17, 15) is 19.6 Å². The van der Waals surface area contributed by atoms with Crippen LogP contribution in [0, 0.1) is 0 Å². The van der Waals surface area contributed by atoms with Crippen LogP contribution < -0.4 is 5.73 Å². The Balaban J connectivity index is 2.08. The zero-order chi connectivity index (χ0) is 15.8. The van der Waals surface area contributed by atoms with E-state index in [1.54, 1.807) is 0 Å². The monoisotopic (exact) mass is 360 g/mol. The van der Waals surface area contributed by atoms with E-state index in [0.29, 0.717) is 0 Å². The van der Waals surface area contributed by atoms with Crippen molar-refractivity contribution in [2.75, 3.05) is 6.61 Å². The van der Waals surface area contributed by atoms with E-state index in [2.05, 4.69) is 14.6 Å². The number of rotatable bonds is 5. The molecule has 0 aliphatic carbocycles. The molecule has 1 fully saturated rings. The maximum absolute atomic E-state index is 11.0. The van der Waals surface area contributed by atoms with Crippen LogP contribution in [-0.4, -0.2) is 55.8 Å². The van der Waals surface area contributed by atoms with Gasteiger partial charge < -0.3 is 25.2 Å². The van der Waals surface area contributed by atoms with Crippen molar-refractivity contribution in [2.24, 2.45) is 5.73 Å². The molecule has 0 saturated carbocycles. The van der Waals surface area contributed by atoms with Crippen LogP contribution >= 0.6 is 28.6 Å². The third-order valence-electron chi connectivity index (χ3n) is 2.72. The minimum absolute atomic E-state index is 0.272. The summed E-state index contributed by atoms with van der Waals surface area (Å²) in [5.41, 5.74) is 5.00. The van der Waals surface area contributed by atoms with Gasteiger partial charge in [-0.05, 0) is 22.5 Å². The number of hydrogen-bond donors (Lipinski definition) is 3. The summed E-state index contributed by atoms with van der Waals surface area (Å²) in [5.74, 6) is -1.13. The van der Waals surface area contributed by atoms with Gasteiger partial charge >= 0.3 is 6.07 Å². The fraction of sp³-hybridized carbons (Fsp3) is 0.625. The van der Waals surface area contributed by atoms with E-state index in [-0.39, 0.29) is 5.82 Å². The van der Waals surface area contributed by atoms with E-state index >= 15 is 0 Å². The number of aliphatic hydroxyl groups excluding tert-OH is 2. The minimum Gasteiger partial charge on any atom is -0.387 e. The molecule has 4 unspecified atom stereocenters. The van der Waals surface area contributed by atoms with Crippen LogP contribution in [0.15, 0.2) is 6.33 Å². The molecular weight excluding hydrogens is 350 g/mol. The van der Waals surface area contributed by atoms with Crippen molar-refractivity contribution in [3.63, 3.8) is 0 Å². The number of amides is 1. The Morgan fingerprint density at radius 3 is 2.71 bits per heavy atom. The predicted molar refractivity (Wildman–Crippen MR) is 69.7 cm³/mol. The zero-order valence-corrected chi connectivity index (χ0v) is 12.6. The molecule has 21 heavy (non-hydrogen) atoms. The Kier molecular flexibility index (Phi) is 4.89. The van der Waals surface area contributed by atoms with Crippen LogP contribution in [0.4, 0.5) is 0 Å². The smallest absolute Gasteiger partial charge is 0.380 e. The Labute approximate surface area is 127 Å². The first-order chi connectivity index (χ1) is 9.69. The van der Waals surface area contributed by atoms with E-state index in [4.69, 9.17) is 33.0 Å². The van der Waals surface area contributed by atoms with Gasteiger partial charge in [-0.25, -0.2) is 9.67 Å². The average molecular weight is 361 g/mol. The molecule has 0 spiro atoms. The van der Waals surface area contributed by atoms with Gasteiger partial charge in [0.25, 0.3) is 5.91 Å². The van der Waals surface area contributed by atoms with Gasteiger partial charge in [-0.3, -0.25) is 9.36 Å². The number of halogens is 2. The topological polar surface area (TPSA) is 150 Å². The summed E-state index contributed by atoms with van der Waals surface area (Å²) in [4.78, 5) is 14.5. The Morgan fingerprint density at radius 1 is 1.52 bits per heavy atom. The number of nitrogens with two attached hydrogens (primary N) is 1. The lowest BCUT2D eigenvalue weighted by molar-refractivity contribution is -0.0548. The van der Waals surface area contributed by atoms with Crippen molar-refractivity contribution in [3.8, 4) is 0 Å². The first-order valence-corrected chi connectivity index (χ1v) is 8.99. The maximum Gasteiger partial charge on any atom is 0.380 e. The SMILES string of the molecule is NC(=O)c1ncn(C2OC(COP(=O)(Cl)Cl)C(O)C2O)n1. The Hall–Kier alpha value is -0.740. The Bertz CT molecular complexity index is 579. The van der Waals surface area contributed by atoms with Gasteiger partial charge in [-0.1, -0.05) is 0 Å². The van der Waals surface area contributed by atoms with Crippen molar-refractivity contribution in [3.05, 3.63) is 12.2 Å². The summed E-state index contributed by atoms with van der Waals surface area (Å²) in [6, 6.07) is 0. The van der Waals surface area contributed by atoms with Gasteiger partial charge in [0.15, 0.2) is 6.23 Å². The molecule has 1 aromatic rings. The maximum atomic E-state index is 11.0. The molecule has 4 atom stereocenters. The highest BCUT2D eigenvalue weighted by atomic mass is 35.9. The standard InChI is InChI=1S/C8H11Cl2N4O6P/c9-21(10,18)19-1-3-4(15)5(16)8(20-3)14-2-12-7(13-14)6(11)17/h2-5,8,15-16H,1H2,(H2,11,17). The third kappa shape index (κ3) is 3.92. The molecule has 4 N–H and O–H groups in total. The molecule has 1 amide bonds. The normalized spacial score (nSPS) is 29.7. The van der Waals surface area contributed by atoms with Crippen molar-refractivity contribution >= 4 is 34.5 Å². The van der Waals surface area contributed by atoms with E-state index < -0.39 is 43.1 Å². The van der Waals surface area contributed by atoms with Crippen LogP contribution in [0.3, 0.4) is 0 Å². The van der Waals surface area contributed by atoms with Gasteiger partial charge in [-0.2, -0.15) is 0 Å². The van der Waals surface area contributed by atoms with Gasteiger partial charge in [0.05, 0.1) is 6.61 Å². The highest BCUT2D eigenvalue weighted by Gasteiger charge is 2.45. The van der Waals surface area contributed by atoms with Crippen LogP contribution in [0.2, 0.25) is 0 Å². The Morgan fingerprint density at radius 2 is 2.19 bits per heavy atom. The summed E-state index contributed by atoms with van der Waals surface area (Å²) in [7, 11) is 0. The molecule has 0 aromatic carbocycles. The van der Waals surface area contributed by atoms with Crippen molar-refractivity contribution in [2.45, 2.75) is 24.5 Å². The second-order valence-corrected chi connectivity index (χ2v) is 8.45. The second kappa shape index (κ2) is 6.17. The van der Waals surface area contributed by atoms with Crippen LogP contribution in [0.25, 0.3) is 0 Å². The number of nitrogens with zero attached hydrogens (tertiary/aromatic N) is 3. The largest absolute Gasteiger partial charge is 0.387 e. The lowest BCUT2D eigenvalue weighted by Gasteiger charge is -2.14. The molecule has 1 saturated heterocycles. The number of aromatic nitrogens is 3. The summed E-state index contributed by atoms with van der Waals surface area (Å²) < 4.78 is 22.0. The number of aliphatic hydroxyl groups is 2. The van der Waals surface area contributed by atoms with Crippen LogP contribution in [0.1, 0.15) is 16.8 Å². The van der Waals surface area contributed by atoms with Gasteiger partial charge in [-0.15, -0.1) is 5.10 Å². The summed E-state index contributed by atoms with van der Waals surface area (Å²) in [5, 5.41) is 23.4. The third-order valence-corrected chi connectivity index (χ3v) is 3.75. The van der Waals surface area contributed by atoms with E-state index in [1.165, 1.54) is 0 Å². The number of hydrogen-bond acceptors (Lipinski definition) is 8. The molecule has 2 rings (SSSR count). The predicted octanol–water partition coefficient (Wildman–Crippen LogP) is -0.402. The van der Waals surface area contributed by atoms with Gasteiger partial charge in [0.1, 0.15) is 24.6 Å². The van der Waals surface area contributed by atoms with Crippen molar-refractivity contribution in [1.82, 2.24) is 14.8 Å². The van der Waals surface area contributed by atoms with Crippen LogP contribution in [-0.2, 0) is 13.8 Å². The summed E-state index contributed by atoms with van der Waals surface area (Å²) in [6.07, 6.45) is -7.60. The van der Waals surface area contributed by atoms with Gasteiger partial charge in [0.2, 0.25) is 5.82 Å². The molecule has 1 aliphatic rings. The molecular formula is C8H11Cl2N4O6P. The van der Waals surface area contributed by atoms with Crippen molar-refractivity contribution < 1.29 is 28.8 Å². The quantitative estimate of drug-likeness (QED) is 0.600. The first-order valence-electron chi connectivity index (χ1n) is 5.55. The fourth-order valence-electron chi connectivity index (χ4n) is 1.76. The fourth-order valence-corrected chi connectivity index (χ4v) is 2.41. The van der Waals surface area contributed by atoms with Crippen molar-refractivity contribution in [1.29, 1.82) is 0 Å². The highest BCUT2D eigenvalue weighted by Crippen LogP contribution is 2.57. The summed E-state index contributed by atoms with van der Waals surface area (Å²) >= 11 is 10.4. The molecule has 0 radical (unpaired) electrons. The number of carbonyl (C=O) groups excluding carboxylic acids is 1. The van der Waals surface area contributed by atoms with E-state index in [0.717, 1.165) is 11.0 Å². The number of primary amides is 1. The van der Waals surface area contributed by atoms with Gasteiger partial charge in [0, 0.05) is 0 Å². The molecule has 13 heteroatoms. The highest BCUT2D eigenvalue weighted by molar-refractivity contribution is 8.05. The first kappa shape index (κ1) is 16.6. The van der Waals surface area contributed by atoms with Crippen LogP contribution in [0.5, 0.6) is 0 Å². The molecule has 10 nitrogen and oxygen atoms in total. The molecule has 1 aromatic heterocycles. The number of carbonyl (C=O) groups is 1. The minimum atomic E-state index is -3.79. The average Bonchev–Trinajstić information content (AvgIpc) is 2.94. The number of ether oxygens (including phenoxy) is 1. The lowest BCUT2D eigenvalue weighted by Crippen LogP contribution is -2.33. The second-order valence-electron chi connectivity index (χ2n) is 4.17. The van der Waals surface area contributed by atoms with E-state index in [1.807, 2.05) is 0 Å². The summed E-state index contributed by atoms with van der Waals surface area (Å²) in [6.45, 7) is -0.406. The molecule has 118 valence electrons. The molecule has 1 aliphatic heterocycles. The molecule has 2 heterocycles. The molecule has 0 bridgehead atoms. The lowest BCUT2D eigenvalue weighted by atomic mass is 10.1. The zero-order valence-electron chi connectivity index (χ0n) is 10.2.